The van der Waals surface area contributed by atoms with Crippen LogP contribution in [-0.4, -0.2) is 21.8 Å². The van der Waals surface area contributed by atoms with Crippen molar-refractivity contribution in [3.63, 3.8) is 0 Å². The summed E-state index contributed by atoms with van der Waals surface area (Å²) in [5.41, 5.74) is 5.66. The van der Waals surface area contributed by atoms with E-state index in [-0.39, 0.29) is 11.8 Å². The number of nitrogens with zero attached hydrogens (tertiary/aromatic N) is 2. The largest absolute Gasteiger partial charge is 0.326 e. The summed E-state index contributed by atoms with van der Waals surface area (Å²) in [7, 11) is 0. The van der Waals surface area contributed by atoms with Crippen LogP contribution in [0.1, 0.15) is 35.5 Å². The second-order valence-corrected chi connectivity index (χ2v) is 8.04. The highest BCUT2D eigenvalue weighted by atomic mass is 32.1. The van der Waals surface area contributed by atoms with Gasteiger partial charge in [0.25, 0.3) is 5.91 Å². The molecule has 6 nitrogen and oxygen atoms in total. The third-order valence-corrected chi connectivity index (χ3v) is 5.78. The zero-order chi connectivity index (χ0) is 22.0. The SMILES string of the molecule is CCc1nc2ccccc2c(C(=O)Nc2nc(-c3ccc(NC(C)=O)cc3)cs2)c1C. The lowest BCUT2D eigenvalue weighted by Gasteiger charge is -2.13. The fraction of sp³-hybridized carbons (Fsp3) is 0.167. The molecule has 31 heavy (non-hydrogen) atoms. The summed E-state index contributed by atoms with van der Waals surface area (Å²) in [5.74, 6) is -0.302. The molecule has 0 aliphatic heterocycles. The smallest absolute Gasteiger partial charge is 0.258 e. The molecule has 2 aromatic heterocycles. The molecule has 0 saturated heterocycles. The minimum Gasteiger partial charge on any atom is -0.326 e. The van der Waals surface area contributed by atoms with Gasteiger partial charge in [-0.1, -0.05) is 37.3 Å². The van der Waals surface area contributed by atoms with Gasteiger partial charge < -0.3 is 5.32 Å². The maximum atomic E-state index is 13.2. The molecule has 0 radical (unpaired) electrons. The number of aromatic nitrogens is 2. The highest BCUT2D eigenvalue weighted by Crippen LogP contribution is 2.28. The van der Waals surface area contributed by atoms with Gasteiger partial charge in [0.2, 0.25) is 5.91 Å². The van der Waals surface area contributed by atoms with Gasteiger partial charge in [0, 0.05) is 34.6 Å². The van der Waals surface area contributed by atoms with Gasteiger partial charge in [-0.25, -0.2) is 4.98 Å². The van der Waals surface area contributed by atoms with Crippen molar-refractivity contribution in [3.8, 4) is 11.3 Å². The Bertz CT molecular complexity index is 1280. The first-order valence-corrected chi connectivity index (χ1v) is 10.9. The fourth-order valence-corrected chi connectivity index (χ4v) is 4.26. The number of anilines is 2. The van der Waals surface area contributed by atoms with Gasteiger partial charge in [0.1, 0.15) is 0 Å². The van der Waals surface area contributed by atoms with E-state index in [1.807, 2.05) is 67.8 Å². The van der Waals surface area contributed by atoms with Gasteiger partial charge >= 0.3 is 0 Å². The van der Waals surface area contributed by atoms with Gasteiger partial charge in [-0.05, 0) is 37.1 Å². The highest BCUT2D eigenvalue weighted by Gasteiger charge is 2.18. The summed E-state index contributed by atoms with van der Waals surface area (Å²) in [5, 5.41) is 8.96. The molecule has 0 unspecified atom stereocenters. The first-order valence-electron chi connectivity index (χ1n) is 9.99. The first-order chi connectivity index (χ1) is 15.0. The van der Waals surface area contributed by atoms with Crippen LogP contribution in [0.2, 0.25) is 0 Å². The van der Waals surface area contributed by atoms with Crippen molar-refractivity contribution in [2.45, 2.75) is 27.2 Å². The number of carbonyl (C=O) groups is 2. The van der Waals surface area contributed by atoms with E-state index >= 15 is 0 Å². The molecule has 2 heterocycles. The number of thiazole rings is 1. The molecule has 2 aromatic carbocycles. The van der Waals surface area contributed by atoms with Gasteiger partial charge in [-0.2, -0.15) is 0 Å². The van der Waals surface area contributed by atoms with Crippen LogP contribution in [0.4, 0.5) is 10.8 Å². The molecule has 156 valence electrons. The number of amides is 2. The fourth-order valence-electron chi connectivity index (χ4n) is 3.55. The van der Waals surface area contributed by atoms with E-state index in [9.17, 15) is 9.59 Å². The van der Waals surface area contributed by atoms with Gasteiger partial charge in [0.15, 0.2) is 5.13 Å². The maximum Gasteiger partial charge on any atom is 0.258 e. The lowest BCUT2D eigenvalue weighted by molar-refractivity contribution is -0.114. The quantitative estimate of drug-likeness (QED) is 0.442. The maximum absolute atomic E-state index is 13.2. The summed E-state index contributed by atoms with van der Waals surface area (Å²) in [4.78, 5) is 33.6. The van der Waals surface area contributed by atoms with Gasteiger partial charge in [-0.3, -0.25) is 19.9 Å². The number of para-hydroxylation sites is 1. The van der Waals surface area contributed by atoms with Crippen LogP contribution >= 0.6 is 11.3 Å². The van der Waals surface area contributed by atoms with Crippen LogP contribution in [0, 0.1) is 6.92 Å². The van der Waals surface area contributed by atoms with Crippen LogP contribution < -0.4 is 10.6 Å². The van der Waals surface area contributed by atoms with Crippen molar-refractivity contribution >= 4 is 44.9 Å². The van der Waals surface area contributed by atoms with Crippen molar-refractivity contribution in [1.29, 1.82) is 0 Å². The van der Waals surface area contributed by atoms with Crippen LogP contribution in [0.3, 0.4) is 0 Å². The number of nitrogens with one attached hydrogen (secondary N) is 2. The highest BCUT2D eigenvalue weighted by molar-refractivity contribution is 7.14. The van der Waals surface area contributed by atoms with E-state index < -0.39 is 0 Å². The molecular formula is C24H22N4O2S. The topological polar surface area (TPSA) is 84.0 Å². The summed E-state index contributed by atoms with van der Waals surface area (Å²) in [6.45, 7) is 5.45. The molecule has 0 atom stereocenters. The van der Waals surface area contributed by atoms with E-state index in [2.05, 4.69) is 15.6 Å². The lowest BCUT2D eigenvalue weighted by atomic mass is 9.99. The molecule has 2 N–H and O–H groups in total. The van der Waals surface area contributed by atoms with Crippen LogP contribution in [0.15, 0.2) is 53.9 Å². The Morgan fingerprint density at radius 3 is 2.45 bits per heavy atom. The van der Waals surface area contributed by atoms with Crippen molar-refractivity contribution < 1.29 is 9.59 Å². The normalized spacial score (nSPS) is 10.8. The van der Waals surface area contributed by atoms with Crippen LogP contribution in [0.25, 0.3) is 22.2 Å². The number of aryl methyl sites for hydroxylation is 1. The Balaban J connectivity index is 1.60. The summed E-state index contributed by atoms with van der Waals surface area (Å²) in [6.07, 6.45) is 0.757. The Morgan fingerprint density at radius 1 is 1.00 bits per heavy atom. The Morgan fingerprint density at radius 2 is 1.74 bits per heavy atom. The lowest BCUT2D eigenvalue weighted by Crippen LogP contribution is -2.15. The van der Waals surface area contributed by atoms with E-state index in [0.717, 1.165) is 45.5 Å². The molecule has 4 aromatic rings. The Kier molecular flexibility index (Phi) is 5.77. The van der Waals surface area contributed by atoms with E-state index in [1.54, 1.807) is 0 Å². The Labute approximate surface area is 184 Å². The minimum absolute atomic E-state index is 0.114. The van der Waals surface area contributed by atoms with Crippen molar-refractivity contribution in [2.75, 3.05) is 10.6 Å². The second-order valence-electron chi connectivity index (χ2n) is 7.18. The molecule has 0 aliphatic rings. The third kappa shape index (κ3) is 4.32. The van der Waals surface area contributed by atoms with Crippen molar-refractivity contribution in [1.82, 2.24) is 9.97 Å². The number of fused-ring (bicyclic) bond motifs is 1. The monoisotopic (exact) mass is 430 g/mol. The predicted octanol–water partition coefficient (Wildman–Crippen LogP) is 5.44. The first kappa shape index (κ1) is 20.7. The number of hydrogen-bond acceptors (Lipinski definition) is 5. The summed E-state index contributed by atoms with van der Waals surface area (Å²) < 4.78 is 0. The molecule has 0 saturated carbocycles. The van der Waals surface area contributed by atoms with Gasteiger partial charge in [0.05, 0.1) is 16.8 Å². The third-order valence-electron chi connectivity index (χ3n) is 5.02. The Hall–Kier alpha value is -3.58. The molecular weight excluding hydrogens is 408 g/mol. The molecule has 4 rings (SSSR count). The average molecular weight is 431 g/mol. The minimum atomic E-state index is -0.187. The van der Waals surface area contributed by atoms with Crippen molar-refractivity contribution in [2.24, 2.45) is 0 Å². The number of hydrogen-bond donors (Lipinski definition) is 2. The van der Waals surface area contributed by atoms with E-state index in [0.29, 0.717) is 10.7 Å². The molecule has 7 heteroatoms. The molecule has 2 amide bonds. The van der Waals surface area contributed by atoms with Crippen molar-refractivity contribution in [3.05, 3.63) is 70.7 Å². The second kappa shape index (κ2) is 8.65. The number of pyridine rings is 1. The van der Waals surface area contributed by atoms with Gasteiger partial charge in [-0.15, -0.1) is 11.3 Å². The van der Waals surface area contributed by atoms with Crippen LogP contribution in [0.5, 0.6) is 0 Å². The van der Waals surface area contributed by atoms with E-state index in [4.69, 9.17) is 4.98 Å². The molecule has 0 aliphatic carbocycles. The number of rotatable bonds is 5. The zero-order valence-electron chi connectivity index (χ0n) is 17.5. The zero-order valence-corrected chi connectivity index (χ0v) is 18.3. The van der Waals surface area contributed by atoms with E-state index in [1.165, 1.54) is 18.3 Å². The average Bonchev–Trinajstić information content (AvgIpc) is 3.21. The number of carbonyl (C=O) groups excluding carboxylic acids is 2. The van der Waals surface area contributed by atoms with Crippen LogP contribution in [-0.2, 0) is 11.2 Å². The summed E-state index contributed by atoms with van der Waals surface area (Å²) in [6, 6.07) is 15.1. The summed E-state index contributed by atoms with van der Waals surface area (Å²) >= 11 is 1.38. The molecule has 0 spiro atoms. The number of benzene rings is 2. The molecule has 0 fully saturated rings. The standard InChI is InChI=1S/C24H22N4O2S/c1-4-19-14(2)22(18-7-5-6-8-20(18)26-19)23(30)28-24-27-21(13-31-24)16-9-11-17(12-10-16)25-15(3)29/h5-13H,4H2,1-3H3,(H,25,29)(H,27,28,30). The molecule has 0 bridgehead atoms. The predicted molar refractivity (Wildman–Crippen MR) is 126 cm³/mol.